The lowest BCUT2D eigenvalue weighted by atomic mass is 9.91. The van der Waals surface area contributed by atoms with Crippen molar-refractivity contribution in [2.45, 2.75) is 49.4 Å². The number of aryl methyl sites for hydroxylation is 1. The van der Waals surface area contributed by atoms with Gasteiger partial charge in [-0.05, 0) is 51.5 Å². The van der Waals surface area contributed by atoms with Crippen LogP contribution in [0, 0.1) is 6.92 Å². The number of fused-ring (bicyclic) bond motifs is 1. The van der Waals surface area contributed by atoms with Crippen LogP contribution in [0.3, 0.4) is 0 Å². The molecule has 0 unspecified atom stereocenters. The number of carbonyl (C=O) groups is 2. The Morgan fingerprint density at radius 3 is 2.22 bits per heavy atom. The van der Waals surface area contributed by atoms with Gasteiger partial charge in [0.1, 0.15) is 10.3 Å². The maximum absolute atomic E-state index is 14.1. The average Bonchev–Trinajstić information content (AvgIpc) is 2.96. The number of nitrogens with zero attached hydrogens (tertiary/aromatic N) is 1. The molecule has 0 fully saturated rings. The fraction of sp³-hybridized carbons (Fsp3) is 0.259. The van der Waals surface area contributed by atoms with Crippen molar-refractivity contribution in [3.8, 4) is 0 Å². The summed E-state index contributed by atoms with van der Waals surface area (Å²) in [6.07, 6.45) is -0.182. The van der Waals surface area contributed by atoms with Gasteiger partial charge in [-0.2, -0.15) is 0 Å². The summed E-state index contributed by atoms with van der Waals surface area (Å²) in [7, 11) is 0. The number of anilines is 1. The SMILES string of the molecule is Cc1ccc2c(c1)[C@@](Cc1ccccc1)(Sc1ccccc1)C(=O)N2C(=O)OC(C)(C)C. The van der Waals surface area contributed by atoms with E-state index in [1.54, 1.807) is 20.8 Å². The Labute approximate surface area is 193 Å². The Morgan fingerprint density at radius 2 is 1.59 bits per heavy atom. The third-order valence-corrected chi connectivity index (χ3v) is 6.68. The predicted molar refractivity (Wildman–Crippen MR) is 129 cm³/mol. The van der Waals surface area contributed by atoms with E-state index in [1.807, 2.05) is 85.8 Å². The molecule has 0 radical (unpaired) electrons. The molecule has 1 heterocycles. The van der Waals surface area contributed by atoms with Crippen LogP contribution in [0.15, 0.2) is 83.8 Å². The maximum atomic E-state index is 14.1. The van der Waals surface area contributed by atoms with Gasteiger partial charge in [0.05, 0.1) is 5.69 Å². The second-order valence-corrected chi connectivity index (χ2v) is 10.4. The van der Waals surface area contributed by atoms with Crippen LogP contribution in [0.25, 0.3) is 0 Å². The summed E-state index contributed by atoms with van der Waals surface area (Å²) in [5.74, 6) is -0.273. The quantitative estimate of drug-likeness (QED) is 0.459. The number of ether oxygens (including phenoxy) is 1. The number of hydrogen-bond acceptors (Lipinski definition) is 4. The number of carbonyl (C=O) groups excluding carboxylic acids is 2. The normalized spacial score (nSPS) is 17.9. The molecular formula is C27H27NO3S. The van der Waals surface area contributed by atoms with Crippen LogP contribution >= 0.6 is 11.8 Å². The molecule has 0 saturated carbocycles. The fourth-order valence-corrected chi connectivity index (χ4v) is 5.33. The smallest absolute Gasteiger partial charge is 0.421 e. The first-order chi connectivity index (χ1) is 15.2. The van der Waals surface area contributed by atoms with E-state index in [2.05, 4.69) is 0 Å². The largest absolute Gasteiger partial charge is 0.443 e. The Morgan fingerprint density at radius 1 is 0.969 bits per heavy atom. The monoisotopic (exact) mass is 445 g/mol. The van der Waals surface area contributed by atoms with E-state index in [4.69, 9.17) is 4.74 Å². The summed E-state index contributed by atoms with van der Waals surface area (Å²) >= 11 is 1.49. The number of amides is 2. The van der Waals surface area contributed by atoms with Crippen molar-refractivity contribution in [3.63, 3.8) is 0 Å². The molecule has 0 bridgehead atoms. The molecule has 4 rings (SSSR count). The summed E-state index contributed by atoms with van der Waals surface area (Å²) in [4.78, 5) is 29.5. The molecule has 164 valence electrons. The highest BCUT2D eigenvalue weighted by Gasteiger charge is 2.54. The van der Waals surface area contributed by atoms with Gasteiger partial charge in [0.15, 0.2) is 0 Å². The fourth-order valence-electron chi connectivity index (χ4n) is 3.94. The molecule has 1 aliphatic heterocycles. The molecule has 0 N–H and O–H groups in total. The summed E-state index contributed by atoms with van der Waals surface area (Å²) < 4.78 is 4.64. The van der Waals surface area contributed by atoms with E-state index >= 15 is 0 Å². The van der Waals surface area contributed by atoms with Gasteiger partial charge in [-0.1, -0.05) is 66.2 Å². The standard InChI is InChI=1S/C27H27NO3S/c1-19-15-16-23-22(17-19)27(18-20-11-7-5-8-12-20,32-21-13-9-6-10-14-21)24(29)28(23)25(30)31-26(2,3)4/h5-17H,18H2,1-4H3/t27-/m1/s1. The Hall–Kier alpha value is -3.05. The van der Waals surface area contributed by atoms with Gasteiger partial charge in [0.25, 0.3) is 5.91 Å². The van der Waals surface area contributed by atoms with Gasteiger partial charge in [0, 0.05) is 16.9 Å². The zero-order valence-corrected chi connectivity index (χ0v) is 19.6. The summed E-state index contributed by atoms with van der Waals surface area (Å²) in [5, 5.41) is 0. The van der Waals surface area contributed by atoms with Crippen molar-refractivity contribution >= 4 is 29.4 Å². The highest BCUT2D eigenvalue weighted by molar-refractivity contribution is 8.01. The van der Waals surface area contributed by atoms with Crippen LogP contribution in [0.2, 0.25) is 0 Å². The van der Waals surface area contributed by atoms with Gasteiger partial charge in [-0.3, -0.25) is 4.79 Å². The number of imide groups is 1. The Kier molecular flexibility index (Phi) is 5.87. The lowest BCUT2D eigenvalue weighted by Gasteiger charge is -2.29. The number of thioether (sulfide) groups is 1. The molecular weight excluding hydrogens is 418 g/mol. The van der Waals surface area contributed by atoms with E-state index in [9.17, 15) is 9.59 Å². The molecule has 0 aromatic heterocycles. The first kappa shape index (κ1) is 22.2. The molecule has 5 heteroatoms. The molecule has 32 heavy (non-hydrogen) atoms. The molecule has 1 atom stereocenters. The average molecular weight is 446 g/mol. The molecule has 3 aromatic carbocycles. The van der Waals surface area contributed by atoms with Gasteiger partial charge >= 0.3 is 6.09 Å². The van der Waals surface area contributed by atoms with Crippen LogP contribution in [0.5, 0.6) is 0 Å². The lowest BCUT2D eigenvalue weighted by Crippen LogP contribution is -2.45. The first-order valence-corrected chi connectivity index (χ1v) is 11.5. The van der Waals surface area contributed by atoms with E-state index < -0.39 is 16.4 Å². The van der Waals surface area contributed by atoms with Crippen LogP contribution in [0.1, 0.15) is 37.5 Å². The van der Waals surface area contributed by atoms with Crippen molar-refractivity contribution in [2.75, 3.05) is 4.90 Å². The minimum atomic E-state index is -0.985. The van der Waals surface area contributed by atoms with Crippen molar-refractivity contribution in [1.29, 1.82) is 0 Å². The van der Waals surface area contributed by atoms with Crippen LogP contribution < -0.4 is 4.90 Å². The van der Waals surface area contributed by atoms with E-state index in [0.717, 1.165) is 21.6 Å². The predicted octanol–water partition coefficient (Wildman–Crippen LogP) is 6.51. The Balaban J connectivity index is 1.88. The maximum Gasteiger partial charge on any atom is 0.421 e. The molecule has 2 amide bonds. The van der Waals surface area contributed by atoms with Crippen molar-refractivity contribution in [1.82, 2.24) is 0 Å². The molecule has 1 aliphatic rings. The van der Waals surface area contributed by atoms with Crippen molar-refractivity contribution in [2.24, 2.45) is 0 Å². The van der Waals surface area contributed by atoms with Crippen LogP contribution in [0.4, 0.5) is 10.5 Å². The minimum absolute atomic E-state index is 0.273. The summed E-state index contributed by atoms with van der Waals surface area (Å²) in [5.41, 5.74) is 2.79. The third kappa shape index (κ3) is 4.30. The van der Waals surface area contributed by atoms with Crippen molar-refractivity contribution in [3.05, 3.63) is 95.6 Å². The second kappa shape index (κ2) is 8.47. The highest BCUT2D eigenvalue weighted by atomic mass is 32.2. The molecule has 4 nitrogen and oxygen atoms in total. The van der Waals surface area contributed by atoms with E-state index in [-0.39, 0.29) is 5.91 Å². The first-order valence-electron chi connectivity index (χ1n) is 10.7. The van der Waals surface area contributed by atoms with Gasteiger partial charge in [-0.15, -0.1) is 11.8 Å². The lowest BCUT2D eigenvalue weighted by molar-refractivity contribution is -0.120. The molecule has 0 aliphatic carbocycles. The second-order valence-electron chi connectivity index (χ2n) is 9.05. The van der Waals surface area contributed by atoms with Crippen LogP contribution in [-0.2, 0) is 20.7 Å². The van der Waals surface area contributed by atoms with Crippen LogP contribution in [-0.4, -0.2) is 17.6 Å². The molecule has 0 spiro atoms. The summed E-state index contributed by atoms with van der Waals surface area (Å²) in [6, 6.07) is 25.6. The molecule has 3 aromatic rings. The third-order valence-electron chi connectivity index (χ3n) is 5.28. The summed E-state index contributed by atoms with van der Waals surface area (Å²) in [6.45, 7) is 7.41. The van der Waals surface area contributed by atoms with E-state index in [0.29, 0.717) is 12.1 Å². The zero-order chi connectivity index (χ0) is 22.9. The Bertz CT molecular complexity index is 1100. The van der Waals surface area contributed by atoms with Gasteiger partial charge in [0.2, 0.25) is 0 Å². The minimum Gasteiger partial charge on any atom is -0.443 e. The van der Waals surface area contributed by atoms with Gasteiger partial charge in [-0.25, -0.2) is 9.69 Å². The molecule has 0 saturated heterocycles. The highest BCUT2D eigenvalue weighted by Crippen LogP contribution is 2.53. The zero-order valence-electron chi connectivity index (χ0n) is 18.8. The topological polar surface area (TPSA) is 46.6 Å². The number of benzene rings is 3. The number of hydrogen-bond donors (Lipinski definition) is 0. The number of rotatable bonds is 4. The van der Waals surface area contributed by atoms with Crippen molar-refractivity contribution < 1.29 is 14.3 Å². The van der Waals surface area contributed by atoms with Gasteiger partial charge < -0.3 is 4.74 Å². The van der Waals surface area contributed by atoms with E-state index in [1.165, 1.54) is 16.7 Å².